The van der Waals surface area contributed by atoms with E-state index in [0.29, 0.717) is 12.0 Å². The summed E-state index contributed by atoms with van der Waals surface area (Å²) < 4.78 is 36.4. The molecule has 4 aliphatic carbocycles. The van der Waals surface area contributed by atoms with Crippen LogP contribution in [0.25, 0.3) is 0 Å². The van der Waals surface area contributed by atoms with Crippen molar-refractivity contribution >= 4 is 11.6 Å². The minimum absolute atomic E-state index is 0.0673. The highest BCUT2D eigenvalue weighted by atomic mass is 16.3. The molecule has 3 saturated carbocycles. The van der Waals surface area contributed by atoms with Gasteiger partial charge in [-0.15, -0.1) is 0 Å². The molecule has 0 aliphatic heterocycles. The van der Waals surface area contributed by atoms with Crippen molar-refractivity contribution in [3.8, 4) is 0 Å². The maximum Gasteiger partial charge on any atom is 0.190 e. The van der Waals surface area contributed by atoms with Crippen molar-refractivity contribution < 1.29 is 30.4 Å². The summed E-state index contributed by atoms with van der Waals surface area (Å²) in [4.78, 5) is 24.8. The van der Waals surface area contributed by atoms with Gasteiger partial charge in [0.1, 0.15) is 12.2 Å². The van der Waals surface area contributed by atoms with E-state index in [1.807, 2.05) is 6.92 Å². The molecule has 0 aromatic rings. The number of aliphatic hydroxyl groups is 3. The third kappa shape index (κ3) is 2.34. The first kappa shape index (κ1) is 14.9. The summed E-state index contributed by atoms with van der Waals surface area (Å²) in [5.41, 5.74) is -4.52. The van der Waals surface area contributed by atoms with Gasteiger partial charge in [0, 0.05) is 15.9 Å². The van der Waals surface area contributed by atoms with Crippen LogP contribution < -0.4 is 0 Å². The number of allylic oxidation sites excluding steroid dienone is 1. The lowest BCUT2D eigenvalue weighted by atomic mass is 9.44. The molecule has 5 heteroatoms. The Hall–Kier alpha value is -1.04. The molecular formula is C22H32O5. The van der Waals surface area contributed by atoms with Gasteiger partial charge in [0.15, 0.2) is 11.6 Å². The molecule has 0 heterocycles. The van der Waals surface area contributed by atoms with Crippen LogP contribution in [0.5, 0.6) is 0 Å². The lowest BCUT2D eigenvalue weighted by Crippen LogP contribution is -2.62. The van der Waals surface area contributed by atoms with Crippen molar-refractivity contribution in [2.24, 2.45) is 34.5 Å². The van der Waals surface area contributed by atoms with Crippen LogP contribution in [0.3, 0.4) is 0 Å². The van der Waals surface area contributed by atoms with Crippen molar-refractivity contribution in [2.75, 3.05) is 6.61 Å². The Labute approximate surface area is 166 Å². The van der Waals surface area contributed by atoms with E-state index in [-0.39, 0.29) is 37.4 Å². The van der Waals surface area contributed by atoms with Gasteiger partial charge in [0.25, 0.3) is 0 Å². The number of Topliss-reactive ketones (excluding diaryl/α,β-unsaturated/α-hetero) is 1. The SMILES string of the molecule is [2H]C1(O)C2([2H])C(C[C@H](C)C3=CC(=O)CC[C@@]32C)C2CC[C@](O)(C(=O)CO)[C@@]2(C)C1([2H])[2H]. The van der Waals surface area contributed by atoms with E-state index in [1.54, 1.807) is 6.92 Å². The molecule has 0 bridgehead atoms. The number of rotatable bonds is 2. The number of hydrogen-bond acceptors (Lipinski definition) is 5. The predicted molar refractivity (Wildman–Crippen MR) is 99.7 cm³/mol. The molecule has 8 atom stereocenters. The maximum absolute atomic E-state index is 12.6. The fourth-order valence-electron chi connectivity index (χ4n) is 6.63. The monoisotopic (exact) mass is 380 g/mol. The average Bonchev–Trinajstić information content (AvgIpc) is 2.98. The van der Waals surface area contributed by atoms with E-state index < -0.39 is 59.0 Å². The molecule has 27 heavy (non-hydrogen) atoms. The van der Waals surface area contributed by atoms with Crippen molar-refractivity contribution in [1.82, 2.24) is 0 Å². The third-order valence-corrected chi connectivity index (χ3v) is 8.07. The van der Waals surface area contributed by atoms with Crippen molar-refractivity contribution in [1.29, 1.82) is 0 Å². The van der Waals surface area contributed by atoms with E-state index in [2.05, 4.69) is 0 Å². The highest BCUT2D eigenvalue weighted by Crippen LogP contribution is 2.68. The fraction of sp³-hybridized carbons (Fsp3) is 0.818. The Morgan fingerprint density at radius 2 is 2.11 bits per heavy atom. The van der Waals surface area contributed by atoms with Crippen molar-refractivity contribution in [3.63, 3.8) is 0 Å². The zero-order valence-electron chi connectivity index (χ0n) is 20.2. The zero-order valence-corrected chi connectivity index (χ0v) is 16.2. The molecule has 0 amide bonds. The topological polar surface area (TPSA) is 94.8 Å². The lowest BCUT2D eigenvalue weighted by Gasteiger charge is -2.61. The van der Waals surface area contributed by atoms with Gasteiger partial charge in [-0.05, 0) is 67.2 Å². The molecular weight excluding hydrogens is 344 g/mol. The summed E-state index contributed by atoms with van der Waals surface area (Å²) in [5.74, 6) is -4.42. The normalized spacial score (nSPS) is 61.3. The summed E-state index contributed by atoms with van der Waals surface area (Å²) in [6, 6.07) is 0. The molecule has 3 fully saturated rings. The molecule has 4 unspecified atom stereocenters. The first-order valence-corrected chi connectivity index (χ1v) is 9.91. The Morgan fingerprint density at radius 3 is 2.78 bits per heavy atom. The molecule has 0 aromatic heterocycles. The van der Waals surface area contributed by atoms with E-state index in [1.165, 1.54) is 13.0 Å². The average molecular weight is 381 g/mol. The number of carbonyl (C=O) groups is 2. The Bertz CT molecular complexity index is 887. The standard InChI is InChI=1S/C22H32O5/c1-12-8-14-15-5-7-22(27,18(26)11-23)21(15,3)10-17(25)19(14)20(2)6-4-13(24)9-16(12)20/h9,12,14-15,17,19,23,25,27H,4-8,10-11H2,1-3H3/t12-,14?,15?,17?,19?,20-,21-,22-/m0/s1/i10D2,17D,19D. The molecule has 4 aliphatic rings. The first-order valence-electron chi connectivity index (χ1n) is 11.9. The quantitative estimate of drug-likeness (QED) is 0.681. The van der Waals surface area contributed by atoms with Crippen LogP contribution in [0.4, 0.5) is 0 Å². The number of aliphatic hydroxyl groups excluding tert-OH is 1. The van der Waals surface area contributed by atoms with Gasteiger partial charge in [-0.3, -0.25) is 9.59 Å². The molecule has 0 spiro atoms. The third-order valence-electron chi connectivity index (χ3n) is 8.07. The summed E-state index contributed by atoms with van der Waals surface area (Å²) in [6.07, 6.45) is -3.40. The van der Waals surface area contributed by atoms with Gasteiger partial charge in [-0.2, -0.15) is 0 Å². The Morgan fingerprint density at radius 1 is 1.41 bits per heavy atom. The van der Waals surface area contributed by atoms with E-state index in [9.17, 15) is 26.3 Å². The molecule has 0 radical (unpaired) electrons. The van der Waals surface area contributed by atoms with Crippen molar-refractivity contribution in [3.05, 3.63) is 11.6 Å². The van der Waals surface area contributed by atoms with Crippen LogP contribution >= 0.6 is 0 Å². The highest BCUT2D eigenvalue weighted by molar-refractivity contribution is 5.92. The minimum atomic E-state index is -2.97. The zero-order chi connectivity index (χ0) is 23.4. The largest absolute Gasteiger partial charge is 0.393 e. The van der Waals surface area contributed by atoms with Crippen LogP contribution in [0, 0.1) is 34.5 Å². The molecule has 4 rings (SSSR count). The van der Waals surface area contributed by atoms with Gasteiger partial charge < -0.3 is 15.3 Å². The van der Waals surface area contributed by atoms with Gasteiger partial charge in [-0.25, -0.2) is 0 Å². The van der Waals surface area contributed by atoms with Crippen LogP contribution in [-0.2, 0) is 9.59 Å². The van der Waals surface area contributed by atoms with Gasteiger partial charge in [0.05, 0.1) is 7.45 Å². The maximum atomic E-state index is 12.6. The molecule has 0 saturated heterocycles. The second-order valence-corrected chi connectivity index (χ2v) is 9.32. The summed E-state index contributed by atoms with van der Waals surface area (Å²) >= 11 is 0. The smallest absolute Gasteiger partial charge is 0.190 e. The number of fused-ring (bicyclic) bond motifs is 5. The van der Waals surface area contributed by atoms with Crippen LogP contribution in [0.1, 0.15) is 64.7 Å². The molecule has 150 valence electrons. The summed E-state index contributed by atoms with van der Waals surface area (Å²) in [6.45, 7) is 4.11. The van der Waals surface area contributed by atoms with Gasteiger partial charge in [-0.1, -0.05) is 26.3 Å². The molecule has 0 aromatic carbocycles. The van der Waals surface area contributed by atoms with E-state index in [0.717, 1.165) is 0 Å². The van der Waals surface area contributed by atoms with Crippen LogP contribution in [0.15, 0.2) is 11.6 Å². The summed E-state index contributed by atoms with van der Waals surface area (Å²) in [7, 11) is 0. The highest BCUT2D eigenvalue weighted by Gasteiger charge is 2.68. The second kappa shape index (κ2) is 5.98. The van der Waals surface area contributed by atoms with Gasteiger partial charge in [0.2, 0.25) is 0 Å². The minimum Gasteiger partial charge on any atom is -0.393 e. The second-order valence-electron chi connectivity index (χ2n) is 9.32. The number of ketones is 2. The van der Waals surface area contributed by atoms with Gasteiger partial charge >= 0.3 is 0 Å². The van der Waals surface area contributed by atoms with E-state index >= 15 is 0 Å². The molecule has 3 N–H and O–H groups in total. The van der Waals surface area contributed by atoms with Crippen molar-refractivity contribution in [2.45, 2.75) is 70.9 Å². The number of carbonyl (C=O) groups excluding carboxylic acids is 2. The Kier molecular flexibility index (Phi) is 3.30. The fourth-order valence-corrected chi connectivity index (χ4v) is 6.63. The van der Waals surface area contributed by atoms with Crippen LogP contribution in [0.2, 0.25) is 0 Å². The Balaban J connectivity index is 2.00. The summed E-state index contributed by atoms with van der Waals surface area (Å²) in [5, 5.41) is 32.5. The first-order chi connectivity index (χ1) is 14.1. The van der Waals surface area contributed by atoms with Crippen LogP contribution in [-0.4, -0.2) is 45.2 Å². The van der Waals surface area contributed by atoms with E-state index in [4.69, 9.17) is 4.11 Å². The molecule has 5 nitrogen and oxygen atoms in total. The lowest BCUT2D eigenvalue weighted by molar-refractivity contribution is -0.184. The predicted octanol–water partition coefficient (Wildman–Crippen LogP) is 2.03. The number of hydrogen-bond donors (Lipinski definition) is 3.